The Kier molecular flexibility index (Phi) is 10.4. The highest BCUT2D eigenvalue weighted by molar-refractivity contribution is 7.91. The highest BCUT2D eigenvalue weighted by Gasteiger charge is 2.62. The molecule has 2 aromatic heterocycles. The number of benzene rings is 2. The summed E-state index contributed by atoms with van der Waals surface area (Å²) in [6.45, 7) is 5.30. The van der Waals surface area contributed by atoms with Crippen LogP contribution in [0, 0.1) is 11.8 Å². The maximum absolute atomic E-state index is 14.7. The van der Waals surface area contributed by atoms with Gasteiger partial charge in [0.05, 0.1) is 30.7 Å². The molecule has 15 heteroatoms. The second-order valence-corrected chi connectivity index (χ2v) is 19.0. The molecule has 2 aliphatic heterocycles. The molecular weight excluding hydrogens is 765 g/mol. The summed E-state index contributed by atoms with van der Waals surface area (Å²) in [5.41, 5.74) is -0.516. The Bertz CT molecular complexity index is 2430. The molecule has 2 N–H and O–H groups in total. The fraction of sp³-hybridized carbons (Fsp3) is 0.512. The van der Waals surface area contributed by atoms with Crippen molar-refractivity contribution in [2.75, 3.05) is 13.7 Å². The first kappa shape index (κ1) is 39.6. The van der Waals surface area contributed by atoms with Crippen LogP contribution in [-0.4, -0.2) is 84.2 Å². The van der Waals surface area contributed by atoms with Crippen molar-refractivity contribution < 1.29 is 46.2 Å². The number of methoxy groups -OCH3 is 1. The van der Waals surface area contributed by atoms with Gasteiger partial charge in [0.15, 0.2) is 5.58 Å². The van der Waals surface area contributed by atoms with Crippen molar-refractivity contribution in [3.05, 3.63) is 54.6 Å². The Morgan fingerprint density at radius 3 is 2.55 bits per heavy atom. The van der Waals surface area contributed by atoms with E-state index in [9.17, 15) is 27.6 Å². The number of hydrogen-bond donors (Lipinski definition) is 2. The van der Waals surface area contributed by atoms with Gasteiger partial charge in [-0.1, -0.05) is 43.2 Å². The third-order valence-corrected chi connectivity index (χ3v) is 13.4. The van der Waals surface area contributed by atoms with E-state index in [2.05, 4.69) is 10.0 Å². The number of aromatic nitrogens is 1. The van der Waals surface area contributed by atoms with Gasteiger partial charge in [0, 0.05) is 29.0 Å². The zero-order valence-corrected chi connectivity index (χ0v) is 34.1. The molecule has 4 aliphatic rings. The summed E-state index contributed by atoms with van der Waals surface area (Å²) in [7, 11) is -2.32. The number of rotatable bonds is 8. The van der Waals surface area contributed by atoms with Crippen molar-refractivity contribution in [2.45, 2.75) is 114 Å². The molecule has 3 amide bonds. The fourth-order valence-corrected chi connectivity index (χ4v) is 9.69. The van der Waals surface area contributed by atoms with Gasteiger partial charge >= 0.3 is 5.97 Å². The predicted octanol–water partition coefficient (Wildman–Crippen LogP) is 5.84. The van der Waals surface area contributed by atoms with E-state index in [1.54, 1.807) is 27.9 Å². The first-order valence-corrected chi connectivity index (χ1v) is 21.7. The minimum absolute atomic E-state index is 0.00563. The van der Waals surface area contributed by atoms with Gasteiger partial charge in [0.1, 0.15) is 40.1 Å². The lowest BCUT2D eigenvalue weighted by atomic mass is 9.95. The highest BCUT2D eigenvalue weighted by Crippen LogP contribution is 2.46. The zero-order chi connectivity index (χ0) is 41.0. The predicted molar refractivity (Wildman–Crippen MR) is 215 cm³/mol. The van der Waals surface area contributed by atoms with E-state index < -0.39 is 74.1 Å². The minimum Gasteiger partial charge on any atom is -0.497 e. The number of amides is 3. The van der Waals surface area contributed by atoms with E-state index >= 15 is 0 Å². The largest absolute Gasteiger partial charge is 0.497 e. The van der Waals surface area contributed by atoms with E-state index in [0.29, 0.717) is 59.9 Å². The molecule has 5 atom stereocenters. The molecule has 58 heavy (non-hydrogen) atoms. The number of fused-ring (bicyclic) bond motifs is 7. The lowest BCUT2D eigenvalue weighted by Crippen LogP contribution is -2.57. The number of esters is 1. The van der Waals surface area contributed by atoms with E-state index in [-0.39, 0.29) is 31.7 Å². The molecule has 8 rings (SSSR count). The Morgan fingerprint density at radius 2 is 1.81 bits per heavy atom. The molecule has 0 bridgehead atoms. The van der Waals surface area contributed by atoms with Crippen LogP contribution < -0.4 is 19.5 Å². The van der Waals surface area contributed by atoms with E-state index in [1.807, 2.05) is 54.6 Å². The SMILES string of the molecule is COc1ccc2oc3c4ccccc4c(O[C@@H]4C[C@H]5C(=O)N[C@]6(C(=O)NS(=O)(=O)C7CC7)C[C@H]6/C=C\CCCCC[C@H](CC(=O)OC(C)(C)C)C(=O)N5C4)nc3c2c1. The summed E-state index contributed by atoms with van der Waals surface area (Å²) in [6.07, 6.45) is 7.53. The maximum atomic E-state index is 14.7. The Morgan fingerprint density at radius 1 is 1.03 bits per heavy atom. The fourth-order valence-electron chi connectivity index (χ4n) is 8.33. The van der Waals surface area contributed by atoms with Crippen LogP contribution >= 0.6 is 0 Å². The number of pyridine rings is 1. The van der Waals surface area contributed by atoms with Gasteiger partial charge in [-0.05, 0) is 83.6 Å². The molecule has 4 aromatic rings. The van der Waals surface area contributed by atoms with Crippen molar-refractivity contribution in [3.8, 4) is 11.6 Å². The quantitative estimate of drug-likeness (QED) is 0.161. The van der Waals surface area contributed by atoms with Gasteiger partial charge in [-0.3, -0.25) is 23.9 Å². The molecule has 308 valence electrons. The molecule has 2 aliphatic carbocycles. The molecule has 2 saturated carbocycles. The number of carbonyl (C=O) groups is 4. The smallest absolute Gasteiger partial charge is 0.307 e. The van der Waals surface area contributed by atoms with Crippen LogP contribution in [-0.2, 0) is 33.9 Å². The van der Waals surface area contributed by atoms with Gasteiger partial charge in [-0.15, -0.1) is 0 Å². The molecule has 0 spiro atoms. The number of hydrogen-bond acceptors (Lipinski definition) is 11. The van der Waals surface area contributed by atoms with Crippen LogP contribution in [0.1, 0.15) is 85.0 Å². The van der Waals surface area contributed by atoms with E-state index in [1.165, 1.54) is 4.90 Å². The van der Waals surface area contributed by atoms with Crippen LogP contribution in [0.3, 0.4) is 0 Å². The number of nitrogens with one attached hydrogen (secondary N) is 2. The molecule has 4 heterocycles. The first-order valence-electron chi connectivity index (χ1n) is 20.2. The Hall–Kier alpha value is -5.18. The van der Waals surface area contributed by atoms with Crippen LogP contribution in [0.15, 0.2) is 59.0 Å². The van der Waals surface area contributed by atoms with Gasteiger partial charge in [-0.2, -0.15) is 0 Å². The highest BCUT2D eigenvalue weighted by atomic mass is 32.2. The maximum Gasteiger partial charge on any atom is 0.307 e. The minimum atomic E-state index is -3.90. The lowest BCUT2D eigenvalue weighted by Gasteiger charge is -2.30. The number of furan rings is 1. The average Bonchev–Trinajstić information content (AvgIpc) is 4.08. The molecule has 2 aromatic carbocycles. The Balaban J connectivity index is 1.14. The summed E-state index contributed by atoms with van der Waals surface area (Å²) < 4.78 is 52.1. The molecule has 3 fully saturated rings. The van der Waals surface area contributed by atoms with E-state index in [4.69, 9.17) is 23.6 Å². The Labute approximate surface area is 337 Å². The van der Waals surface area contributed by atoms with Crippen molar-refractivity contribution in [1.29, 1.82) is 0 Å². The second-order valence-electron chi connectivity index (χ2n) is 17.1. The monoisotopic (exact) mass is 814 g/mol. The third-order valence-electron chi connectivity index (χ3n) is 11.5. The topological polar surface area (TPSA) is 183 Å². The van der Waals surface area contributed by atoms with E-state index in [0.717, 1.165) is 23.6 Å². The molecule has 14 nitrogen and oxygen atoms in total. The molecule has 0 unspecified atom stereocenters. The summed E-state index contributed by atoms with van der Waals surface area (Å²) in [5.74, 6) is -2.60. The summed E-state index contributed by atoms with van der Waals surface area (Å²) >= 11 is 0. The molecule has 1 saturated heterocycles. The summed E-state index contributed by atoms with van der Waals surface area (Å²) in [6, 6.07) is 11.9. The molecular formula is C43H50N4O10S. The third kappa shape index (κ3) is 7.97. The van der Waals surface area contributed by atoms with Crippen LogP contribution in [0.25, 0.3) is 32.8 Å². The molecule has 0 radical (unpaired) electrons. The number of sulfonamides is 1. The number of ether oxygens (including phenoxy) is 3. The van der Waals surface area contributed by atoms with Gasteiger partial charge in [-0.25, -0.2) is 13.4 Å². The van der Waals surface area contributed by atoms with Gasteiger partial charge < -0.3 is 28.8 Å². The number of allylic oxidation sites excluding steroid dienone is 1. The summed E-state index contributed by atoms with van der Waals surface area (Å²) in [5, 5.41) is 4.44. The summed E-state index contributed by atoms with van der Waals surface area (Å²) in [4.78, 5) is 62.7. The van der Waals surface area contributed by atoms with Crippen LogP contribution in [0.2, 0.25) is 0 Å². The van der Waals surface area contributed by atoms with Crippen molar-refractivity contribution in [2.24, 2.45) is 11.8 Å². The number of nitrogens with zero attached hydrogens (tertiary/aromatic N) is 2. The average molecular weight is 815 g/mol. The van der Waals surface area contributed by atoms with Gasteiger partial charge in [0.2, 0.25) is 27.7 Å². The lowest BCUT2D eigenvalue weighted by molar-refractivity contribution is -0.159. The first-order chi connectivity index (χ1) is 27.7. The van der Waals surface area contributed by atoms with Crippen molar-refractivity contribution >= 4 is 66.6 Å². The normalized spacial score (nSPS) is 26.2. The van der Waals surface area contributed by atoms with Crippen LogP contribution in [0.4, 0.5) is 0 Å². The van der Waals surface area contributed by atoms with Crippen LogP contribution in [0.5, 0.6) is 11.6 Å². The van der Waals surface area contributed by atoms with Crippen molar-refractivity contribution in [1.82, 2.24) is 19.9 Å². The zero-order valence-electron chi connectivity index (χ0n) is 33.2. The standard InChI is InChI=1S/C43H50N4O10S/c1-42(2,3)57-35(48)20-25-12-8-6-5-7-9-13-26-23-43(26,41(51)46-58(52,53)29-17-18-29)45-38(49)33-22-28(24-47(33)40(25)50)55-39-31-15-11-10-14-30(31)37-36(44-39)32-21-27(54-4)16-19-34(32)56-37/h9-11,13-16,19,21,25-26,28-29,33H,5-8,12,17-18,20,22-24H2,1-4H3,(H,45,49)(H,46,51)/b13-9-/t25-,26-,28-,33+,43-/m1/s1. The number of carbonyl (C=O) groups excluding carboxylic acids is 4. The second kappa shape index (κ2) is 15.2. The van der Waals surface area contributed by atoms with Crippen molar-refractivity contribution in [3.63, 3.8) is 0 Å². The van der Waals surface area contributed by atoms with Gasteiger partial charge in [0.25, 0.3) is 5.91 Å².